The molecule has 0 aromatic carbocycles. The molecule has 0 aliphatic heterocycles. The Labute approximate surface area is 108 Å². The fraction of sp³-hybridized carbons (Fsp3) is 0.583. The molecule has 2 rings (SSSR count). The number of aromatic nitrogens is 1. The van der Waals surface area contributed by atoms with Crippen molar-refractivity contribution in [2.45, 2.75) is 43.5 Å². The summed E-state index contributed by atoms with van der Waals surface area (Å²) in [6.07, 6.45) is 6.91. The number of pyridine rings is 1. The highest BCUT2D eigenvalue weighted by atomic mass is 32.2. The third-order valence-corrected chi connectivity index (χ3v) is 4.80. The molecule has 1 aliphatic rings. The van der Waals surface area contributed by atoms with Crippen LogP contribution in [0.4, 0.5) is 5.69 Å². The Morgan fingerprint density at radius 3 is 2.83 bits per heavy atom. The number of nitrogens with zero attached hydrogens (tertiary/aromatic N) is 1. The monoisotopic (exact) mass is 269 g/mol. The van der Waals surface area contributed by atoms with Gasteiger partial charge in [-0.05, 0) is 24.8 Å². The highest BCUT2D eigenvalue weighted by molar-refractivity contribution is 7.89. The van der Waals surface area contributed by atoms with Crippen molar-refractivity contribution in [1.29, 1.82) is 0 Å². The van der Waals surface area contributed by atoms with E-state index in [1.807, 2.05) is 6.92 Å². The van der Waals surface area contributed by atoms with E-state index < -0.39 is 10.0 Å². The maximum absolute atomic E-state index is 12.2. The standard InChI is InChI=1S/C12H19N3O2S/c1-2-10(7-9-3-4-9)15-18(16,17)12-8-14-6-5-11(12)13/h5-6,8-10,15H,2-4,7H2,1H3,(H2,13,14). The molecule has 1 unspecified atom stereocenters. The Morgan fingerprint density at radius 1 is 1.56 bits per heavy atom. The number of rotatable bonds is 6. The minimum atomic E-state index is -3.56. The molecule has 6 heteroatoms. The largest absolute Gasteiger partial charge is 0.398 e. The highest BCUT2D eigenvalue weighted by Crippen LogP contribution is 2.34. The lowest BCUT2D eigenvalue weighted by molar-refractivity contribution is 0.495. The smallest absolute Gasteiger partial charge is 0.244 e. The van der Waals surface area contributed by atoms with E-state index in [1.165, 1.54) is 31.3 Å². The number of nitrogen functional groups attached to an aromatic ring is 1. The molecule has 5 nitrogen and oxygen atoms in total. The first-order chi connectivity index (χ1) is 8.53. The van der Waals surface area contributed by atoms with Crippen LogP contribution in [-0.2, 0) is 10.0 Å². The molecule has 100 valence electrons. The summed E-state index contributed by atoms with van der Waals surface area (Å²) in [4.78, 5) is 3.89. The van der Waals surface area contributed by atoms with Crippen LogP contribution in [0.5, 0.6) is 0 Å². The molecule has 0 spiro atoms. The molecule has 0 amide bonds. The van der Waals surface area contributed by atoms with E-state index in [0.717, 1.165) is 12.8 Å². The molecule has 1 heterocycles. The van der Waals surface area contributed by atoms with E-state index >= 15 is 0 Å². The van der Waals surface area contributed by atoms with Crippen LogP contribution < -0.4 is 10.5 Å². The second-order valence-electron chi connectivity index (χ2n) is 4.82. The van der Waals surface area contributed by atoms with E-state index in [-0.39, 0.29) is 16.6 Å². The summed E-state index contributed by atoms with van der Waals surface area (Å²) in [6, 6.07) is 1.48. The Morgan fingerprint density at radius 2 is 2.28 bits per heavy atom. The van der Waals surface area contributed by atoms with Crippen LogP contribution in [0.1, 0.15) is 32.6 Å². The van der Waals surface area contributed by atoms with Gasteiger partial charge in [0.15, 0.2) is 0 Å². The van der Waals surface area contributed by atoms with Crippen molar-refractivity contribution >= 4 is 15.7 Å². The zero-order chi connectivity index (χ0) is 13.2. The summed E-state index contributed by atoms with van der Waals surface area (Å²) in [6.45, 7) is 1.99. The first-order valence-electron chi connectivity index (χ1n) is 6.24. The summed E-state index contributed by atoms with van der Waals surface area (Å²) in [5.41, 5.74) is 5.91. The van der Waals surface area contributed by atoms with Crippen LogP contribution in [0.15, 0.2) is 23.4 Å². The van der Waals surface area contributed by atoms with Crippen molar-refractivity contribution < 1.29 is 8.42 Å². The molecule has 0 bridgehead atoms. The molecule has 3 N–H and O–H groups in total. The van der Waals surface area contributed by atoms with Crippen LogP contribution in [0.25, 0.3) is 0 Å². The predicted molar refractivity (Wildman–Crippen MR) is 70.4 cm³/mol. The molecule has 1 aromatic rings. The molecule has 0 saturated heterocycles. The zero-order valence-electron chi connectivity index (χ0n) is 10.5. The predicted octanol–water partition coefficient (Wildman–Crippen LogP) is 1.52. The van der Waals surface area contributed by atoms with Crippen molar-refractivity contribution in [2.24, 2.45) is 5.92 Å². The van der Waals surface area contributed by atoms with Crippen molar-refractivity contribution in [2.75, 3.05) is 5.73 Å². The van der Waals surface area contributed by atoms with Gasteiger partial charge < -0.3 is 5.73 Å². The second kappa shape index (κ2) is 5.24. The van der Waals surface area contributed by atoms with Gasteiger partial charge >= 0.3 is 0 Å². The molecule has 1 saturated carbocycles. The SMILES string of the molecule is CCC(CC1CC1)NS(=O)(=O)c1cnccc1N. The summed E-state index contributed by atoms with van der Waals surface area (Å²) >= 11 is 0. The Balaban J connectivity index is 2.12. The van der Waals surface area contributed by atoms with Crippen molar-refractivity contribution in [3.05, 3.63) is 18.5 Å². The highest BCUT2D eigenvalue weighted by Gasteiger charge is 2.28. The van der Waals surface area contributed by atoms with E-state index in [9.17, 15) is 8.42 Å². The molecule has 1 atom stereocenters. The fourth-order valence-electron chi connectivity index (χ4n) is 1.95. The Hall–Kier alpha value is -1.14. The summed E-state index contributed by atoms with van der Waals surface area (Å²) in [5, 5.41) is 0. The molecule has 0 radical (unpaired) electrons. The molecular weight excluding hydrogens is 250 g/mol. The lowest BCUT2D eigenvalue weighted by atomic mass is 10.1. The number of nitrogens with two attached hydrogens (primary N) is 1. The maximum atomic E-state index is 12.2. The average Bonchev–Trinajstić information content (AvgIpc) is 3.12. The molecule has 1 aromatic heterocycles. The quantitative estimate of drug-likeness (QED) is 0.820. The first-order valence-corrected chi connectivity index (χ1v) is 7.73. The van der Waals surface area contributed by atoms with E-state index in [4.69, 9.17) is 5.73 Å². The van der Waals surface area contributed by atoms with Crippen LogP contribution in [0.3, 0.4) is 0 Å². The van der Waals surface area contributed by atoms with Gasteiger partial charge in [-0.15, -0.1) is 0 Å². The molecule has 18 heavy (non-hydrogen) atoms. The van der Waals surface area contributed by atoms with Gasteiger partial charge in [-0.1, -0.05) is 19.8 Å². The second-order valence-corrected chi connectivity index (χ2v) is 6.50. The molecule has 1 aliphatic carbocycles. The van der Waals surface area contributed by atoms with Crippen molar-refractivity contribution in [1.82, 2.24) is 9.71 Å². The third-order valence-electron chi connectivity index (χ3n) is 3.24. The van der Waals surface area contributed by atoms with Gasteiger partial charge in [-0.3, -0.25) is 4.98 Å². The minimum absolute atomic E-state index is 0.0119. The summed E-state index contributed by atoms with van der Waals surface area (Å²) in [7, 11) is -3.56. The first kappa shape index (κ1) is 13.3. The van der Waals surface area contributed by atoms with Gasteiger partial charge in [0, 0.05) is 18.4 Å². The topological polar surface area (TPSA) is 85.1 Å². The summed E-state index contributed by atoms with van der Waals surface area (Å²) < 4.78 is 27.1. The van der Waals surface area contributed by atoms with Gasteiger partial charge in [-0.2, -0.15) is 0 Å². The van der Waals surface area contributed by atoms with Gasteiger partial charge in [0.1, 0.15) is 4.90 Å². The zero-order valence-corrected chi connectivity index (χ0v) is 11.3. The van der Waals surface area contributed by atoms with Crippen LogP contribution in [0, 0.1) is 5.92 Å². The lowest BCUT2D eigenvalue weighted by Gasteiger charge is -2.17. The maximum Gasteiger partial charge on any atom is 0.244 e. The van der Waals surface area contributed by atoms with Gasteiger partial charge in [-0.25, -0.2) is 13.1 Å². The number of nitrogens with one attached hydrogen (secondary N) is 1. The van der Waals surface area contributed by atoms with Crippen LogP contribution >= 0.6 is 0 Å². The molecule has 1 fully saturated rings. The van der Waals surface area contributed by atoms with Crippen LogP contribution in [-0.4, -0.2) is 19.4 Å². The van der Waals surface area contributed by atoms with E-state index in [1.54, 1.807) is 0 Å². The Bertz CT molecular complexity index is 512. The third kappa shape index (κ3) is 3.20. The minimum Gasteiger partial charge on any atom is -0.398 e. The van der Waals surface area contributed by atoms with Crippen molar-refractivity contribution in [3.8, 4) is 0 Å². The lowest BCUT2D eigenvalue weighted by Crippen LogP contribution is -2.35. The number of hydrogen-bond donors (Lipinski definition) is 2. The average molecular weight is 269 g/mol. The molecular formula is C12H19N3O2S. The van der Waals surface area contributed by atoms with Crippen LogP contribution in [0.2, 0.25) is 0 Å². The summed E-state index contributed by atoms with van der Waals surface area (Å²) in [5.74, 6) is 0.684. The number of sulfonamides is 1. The van der Waals surface area contributed by atoms with Gasteiger partial charge in [0.05, 0.1) is 5.69 Å². The number of anilines is 1. The van der Waals surface area contributed by atoms with Gasteiger partial charge in [0.2, 0.25) is 10.0 Å². The van der Waals surface area contributed by atoms with E-state index in [0.29, 0.717) is 5.92 Å². The fourth-order valence-corrected chi connectivity index (χ4v) is 3.36. The van der Waals surface area contributed by atoms with E-state index in [2.05, 4.69) is 9.71 Å². The number of hydrogen-bond acceptors (Lipinski definition) is 4. The normalized spacial score (nSPS) is 17.6. The van der Waals surface area contributed by atoms with Crippen molar-refractivity contribution in [3.63, 3.8) is 0 Å². The van der Waals surface area contributed by atoms with Gasteiger partial charge in [0.25, 0.3) is 0 Å². The Kier molecular flexibility index (Phi) is 3.87.